The van der Waals surface area contributed by atoms with Crippen molar-refractivity contribution in [2.75, 3.05) is 53.4 Å². The van der Waals surface area contributed by atoms with E-state index in [1.54, 1.807) is 13.2 Å². The highest BCUT2D eigenvalue weighted by molar-refractivity contribution is 6.33. The third-order valence-electron chi connectivity index (χ3n) is 7.79. The number of carbonyl (C=O) groups is 2. The van der Waals surface area contributed by atoms with Crippen LogP contribution in [-0.4, -0.2) is 93.5 Å². The molecule has 4 N–H and O–H groups in total. The molecule has 1 heterocycles. The van der Waals surface area contributed by atoms with Crippen LogP contribution in [-0.2, 0) is 16.2 Å². The first-order valence-corrected chi connectivity index (χ1v) is 15.2. The summed E-state index contributed by atoms with van der Waals surface area (Å²) in [6.45, 7) is 6.91. The zero-order valence-corrected chi connectivity index (χ0v) is 27.4. The fourth-order valence-corrected chi connectivity index (χ4v) is 6.13. The maximum atomic E-state index is 13.6. The maximum Gasteiger partial charge on any atom is 0.251 e. The van der Waals surface area contributed by atoms with Crippen molar-refractivity contribution in [3.05, 3.63) is 46.5 Å². The minimum atomic E-state index is -0.709. The highest BCUT2D eigenvalue weighted by Crippen LogP contribution is 2.42. The molecule has 1 aliphatic rings. The van der Waals surface area contributed by atoms with Gasteiger partial charge in [-0.25, -0.2) is 0 Å². The van der Waals surface area contributed by atoms with E-state index in [2.05, 4.69) is 24.1 Å². The smallest absolute Gasteiger partial charge is 0.251 e. The number of amides is 2. The topological polar surface area (TPSA) is 121 Å². The van der Waals surface area contributed by atoms with E-state index in [4.69, 9.17) is 26.9 Å². The third-order valence-corrected chi connectivity index (χ3v) is 8.10. The number of nitrogens with one attached hydrogen (secondary N) is 1. The van der Waals surface area contributed by atoms with Crippen molar-refractivity contribution in [3.8, 4) is 16.9 Å². The number of nitrogens with two attached hydrogens (primary N) is 1. The van der Waals surface area contributed by atoms with E-state index < -0.39 is 18.1 Å². The van der Waals surface area contributed by atoms with Crippen molar-refractivity contribution in [1.29, 1.82) is 0 Å². The molecule has 246 valence electrons. The summed E-state index contributed by atoms with van der Waals surface area (Å²) in [5.74, 6) is -0.0133. The Labute approximate surface area is 268 Å². The molecule has 2 aromatic carbocycles. The number of aliphatic hydroxyl groups excluding tert-OH is 1. The van der Waals surface area contributed by atoms with Gasteiger partial charge in [-0.2, -0.15) is 5.06 Å². The summed E-state index contributed by atoms with van der Waals surface area (Å²) >= 11 is 6.81. The van der Waals surface area contributed by atoms with Gasteiger partial charge in [-0.05, 0) is 62.7 Å². The fourth-order valence-electron chi connectivity index (χ4n) is 5.88. The Hall–Kier alpha value is -2.89. The van der Waals surface area contributed by atoms with Crippen LogP contribution in [0.3, 0.4) is 0 Å². The molecule has 3 rings (SSSR count). The molecule has 0 radical (unpaired) electrons. The molecule has 11 heteroatoms. The predicted octanol–water partition coefficient (Wildman–Crippen LogP) is 4.41. The fraction of sp³-hybridized carbons (Fsp3) is 0.576. The molecule has 1 aliphatic heterocycles. The molecular formula is C33H52ClN5O5. The van der Waals surface area contributed by atoms with E-state index in [0.717, 1.165) is 18.7 Å². The molecule has 1 fully saturated rings. The predicted molar refractivity (Wildman–Crippen MR) is 178 cm³/mol. The van der Waals surface area contributed by atoms with E-state index in [9.17, 15) is 14.7 Å². The SMILES string of the molecule is C.CCC1C(CO)ON(Cc2ccc(Cl)c(-c3cc(C(=O)NC(CC(C)C)CN(C)C)cc(N(C)C)c3)c2OC)C1C(N)=O. The van der Waals surface area contributed by atoms with Gasteiger partial charge < -0.3 is 30.7 Å². The van der Waals surface area contributed by atoms with Crippen molar-refractivity contribution >= 4 is 29.1 Å². The van der Waals surface area contributed by atoms with Crippen molar-refractivity contribution in [2.45, 2.75) is 65.8 Å². The number of rotatable bonds is 14. The first-order valence-electron chi connectivity index (χ1n) is 14.8. The number of methoxy groups -OCH3 is 1. The monoisotopic (exact) mass is 633 g/mol. The molecule has 4 atom stereocenters. The largest absolute Gasteiger partial charge is 0.496 e. The maximum absolute atomic E-state index is 13.6. The van der Waals surface area contributed by atoms with E-state index in [0.29, 0.717) is 45.4 Å². The van der Waals surface area contributed by atoms with Crippen LogP contribution in [0.5, 0.6) is 5.75 Å². The minimum absolute atomic E-state index is 0. The van der Waals surface area contributed by atoms with Gasteiger partial charge >= 0.3 is 0 Å². The van der Waals surface area contributed by atoms with Crippen LogP contribution in [0, 0.1) is 11.8 Å². The quantitative estimate of drug-likeness (QED) is 0.280. The number of carbonyl (C=O) groups excluding carboxylic acids is 2. The van der Waals surface area contributed by atoms with Crippen LogP contribution in [0.2, 0.25) is 5.02 Å². The molecule has 44 heavy (non-hydrogen) atoms. The average Bonchev–Trinajstić information content (AvgIpc) is 3.30. The number of hydrogen-bond acceptors (Lipinski definition) is 8. The zero-order chi connectivity index (χ0) is 32.0. The highest BCUT2D eigenvalue weighted by Gasteiger charge is 2.45. The molecular weight excluding hydrogens is 582 g/mol. The molecule has 1 saturated heterocycles. The van der Waals surface area contributed by atoms with E-state index in [1.165, 1.54) is 5.06 Å². The lowest BCUT2D eigenvalue weighted by Gasteiger charge is -2.25. The van der Waals surface area contributed by atoms with Gasteiger partial charge in [0.15, 0.2) is 0 Å². The average molecular weight is 634 g/mol. The van der Waals surface area contributed by atoms with E-state index in [1.807, 2.05) is 64.3 Å². The Morgan fingerprint density at radius 2 is 1.86 bits per heavy atom. The lowest BCUT2D eigenvalue weighted by molar-refractivity contribution is -0.180. The summed E-state index contributed by atoms with van der Waals surface area (Å²) in [5.41, 5.74) is 9.15. The van der Waals surface area contributed by atoms with Gasteiger partial charge in [0, 0.05) is 55.0 Å². The number of benzene rings is 2. The van der Waals surface area contributed by atoms with E-state index in [-0.39, 0.29) is 38.4 Å². The second kappa shape index (κ2) is 16.4. The number of halogens is 1. The summed E-state index contributed by atoms with van der Waals surface area (Å²) in [6.07, 6.45) is 0.935. The number of nitrogens with zero attached hydrogens (tertiary/aromatic N) is 3. The number of hydroxylamine groups is 2. The van der Waals surface area contributed by atoms with Gasteiger partial charge in [-0.15, -0.1) is 0 Å². The van der Waals surface area contributed by atoms with Crippen molar-refractivity contribution in [1.82, 2.24) is 15.3 Å². The van der Waals surface area contributed by atoms with Gasteiger partial charge in [0.05, 0.1) is 25.3 Å². The number of ether oxygens (including phenoxy) is 1. The lowest BCUT2D eigenvalue weighted by atomic mass is 9.91. The number of primary amides is 1. The summed E-state index contributed by atoms with van der Waals surface area (Å²) in [6, 6.07) is 8.52. The van der Waals surface area contributed by atoms with Crippen molar-refractivity contribution in [2.24, 2.45) is 17.6 Å². The van der Waals surface area contributed by atoms with Gasteiger partial charge in [-0.1, -0.05) is 45.9 Å². The first-order chi connectivity index (χ1) is 20.3. The molecule has 10 nitrogen and oxygen atoms in total. The highest BCUT2D eigenvalue weighted by atomic mass is 35.5. The second-order valence-corrected chi connectivity index (χ2v) is 12.6. The van der Waals surface area contributed by atoms with E-state index >= 15 is 0 Å². The Bertz CT molecular complexity index is 1260. The molecule has 0 saturated carbocycles. The van der Waals surface area contributed by atoms with Crippen LogP contribution >= 0.6 is 11.6 Å². The summed E-state index contributed by atoms with van der Waals surface area (Å²) < 4.78 is 5.92. The molecule has 0 bridgehead atoms. The summed E-state index contributed by atoms with van der Waals surface area (Å²) in [5, 5.41) is 15.1. The standard InChI is InChI=1S/C32H48ClN5O5.CH4/c1-9-25-27(18-39)43-38(29(25)31(34)40)16-20-10-11-26(33)28(30(20)42-8)21-13-22(15-24(14-21)37(6)7)32(41)35-23(12-19(2)3)17-36(4)5;/h10-11,13-15,19,23,25,27,29,39H,9,12,16-18H2,1-8H3,(H2,34,40)(H,35,41);1H4. The third kappa shape index (κ3) is 8.85. The Morgan fingerprint density at radius 1 is 1.18 bits per heavy atom. The van der Waals surface area contributed by atoms with Crippen LogP contribution in [0.4, 0.5) is 5.69 Å². The Kier molecular flexibility index (Phi) is 13.9. The van der Waals surface area contributed by atoms with Gasteiger partial charge in [-0.3, -0.25) is 14.4 Å². The lowest BCUT2D eigenvalue weighted by Crippen LogP contribution is -2.43. The number of likely N-dealkylation sites (N-methyl/N-ethyl adjacent to an activating group) is 1. The van der Waals surface area contributed by atoms with Crippen LogP contribution < -0.4 is 20.7 Å². The molecule has 0 spiro atoms. The number of anilines is 1. The van der Waals surface area contributed by atoms with Crippen LogP contribution in [0.1, 0.15) is 57.0 Å². The molecule has 2 amide bonds. The Morgan fingerprint density at radius 3 is 2.39 bits per heavy atom. The van der Waals surface area contributed by atoms with Gasteiger partial charge in [0.1, 0.15) is 17.9 Å². The zero-order valence-electron chi connectivity index (χ0n) is 26.7. The number of aliphatic hydroxyl groups is 1. The first kappa shape index (κ1) is 37.3. The normalized spacial score (nSPS) is 19.1. The van der Waals surface area contributed by atoms with Gasteiger partial charge in [0.25, 0.3) is 5.91 Å². The second-order valence-electron chi connectivity index (χ2n) is 12.2. The summed E-state index contributed by atoms with van der Waals surface area (Å²) in [4.78, 5) is 36.1. The van der Waals surface area contributed by atoms with Crippen LogP contribution in [0.15, 0.2) is 30.3 Å². The molecule has 0 aromatic heterocycles. The molecule has 0 aliphatic carbocycles. The molecule has 2 aromatic rings. The van der Waals surface area contributed by atoms with Gasteiger partial charge in [0.2, 0.25) is 5.91 Å². The van der Waals surface area contributed by atoms with Crippen molar-refractivity contribution < 1.29 is 24.3 Å². The van der Waals surface area contributed by atoms with Crippen LogP contribution in [0.25, 0.3) is 11.1 Å². The minimum Gasteiger partial charge on any atom is -0.496 e. The Balaban J connectivity index is 0.00000675. The summed E-state index contributed by atoms with van der Waals surface area (Å²) in [7, 11) is 9.38. The number of hydrogen-bond donors (Lipinski definition) is 3. The van der Waals surface area contributed by atoms with Crippen molar-refractivity contribution in [3.63, 3.8) is 0 Å². The molecule has 4 unspecified atom stereocenters.